The van der Waals surface area contributed by atoms with Crippen LogP contribution in [0, 0.1) is 34.5 Å². The molecule has 0 N–H and O–H groups in total. The zero-order chi connectivity index (χ0) is 25.1. The summed E-state index contributed by atoms with van der Waals surface area (Å²) in [6, 6.07) is 0. The highest BCUT2D eigenvalue weighted by molar-refractivity contribution is 6.29. The summed E-state index contributed by atoms with van der Waals surface area (Å²) < 4.78 is 5.89. The van der Waals surface area contributed by atoms with Gasteiger partial charge in [0.25, 0.3) is 0 Å². The summed E-state index contributed by atoms with van der Waals surface area (Å²) in [5.74, 6) is 3.37. The van der Waals surface area contributed by atoms with Crippen LogP contribution in [0.5, 0.6) is 0 Å². The number of unbranched alkanes of at least 4 members (excludes halogenated alkanes) is 5. The first-order valence-electron chi connectivity index (χ1n) is 15.4. The van der Waals surface area contributed by atoms with Gasteiger partial charge >= 0.3 is 5.97 Å². The molecule has 0 amide bonds. The van der Waals surface area contributed by atoms with Crippen molar-refractivity contribution in [3.8, 4) is 0 Å². The van der Waals surface area contributed by atoms with Gasteiger partial charge in [-0.2, -0.15) is 0 Å². The van der Waals surface area contributed by atoms with Crippen molar-refractivity contribution >= 4 is 17.6 Å². The van der Waals surface area contributed by atoms with Crippen molar-refractivity contribution in [2.75, 3.05) is 0 Å². The van der Waals surface area contributed by atoms with E-state index >= 15 is 0 Å². The molecule has 2 nitrogen and oxygen atoms in total. The van der Waals surface area contributed by atoms with E-state index in [9.17, 15) is 4.79 Å². The number of hydrogen-bond donors (Lipinski definition) is 0. The largest absolute Gasteiger partial charge is 0.461 e. The Labute approximate surface area is 221 Å². The monoisotopic (exact) mass is 504 g/mol. The molecule has 4 aliphatic carbocycles. The first-order chi connectivity index (χ1) is 16.8. The predicted octanol–water partition coefficient (Wildman–Crippen LogP) is 9.64. The highest BCUT2D eigenvalue weighted by Crippen LogP contribution is 2.66. The van der Waals surface area contributed by atoms with Gasteiger partial charge in [0.1, 0.15) is 11.5 Å². The van der Waals surface area contributed by atoms with Crippen LogP contribution >= 0.6 is 11.6 Å². The summed E-state index contributed by atoms with van der Waals surface area (Å²) in [6.07, 6.45) is 24.4. The maximum Gasteiger partial charge on any atom is 0.324 e. The molecule has 0 aromatic heterocycles. The molecule has 8 unspecified atom stereocenters. The van der Waals surface area contributed by atoms with E-state index in [0.29, 0.717) is 17.3 Å². The van der Waals surface area contributed by atoms with E-state index in [0.717, 1.165) is 42.9 Å². The summed E-state index contributed by atoms with van der Waals surface area (Å²) in [7, 11) is 0. The van der Waals surface area contributed by atoms with Crippen LogP contribution in [0.1, 0.15) is 137 Å². The zero-order valence-corrected chi connectivity index (χ0v) is 24.0. The van der Waals surface area contributed by atoms with Crippen molar-refractivity contribution in [3.05, 3.63) is 11.6 Å². The standard InChI is InChI=1S/C32H53ClO2/c1-5-7-8-9-10-11-13-23-15-17-27-26-16-14-24-22-25(35-30(34)29(33)12-6-2)18-20-32(24,4)28(26)19-21-31(23,27)3/h14,23,25-29H,5-13,15-22H2,1-4H3. The van der Waals surface area contributed by atoms with Gasteiger partial charge in [-0.3, -0.25) is 4.79 Å². The van der Waals surface area contributed by atoms with Crippen molar-refractivity contribution in [3.63, 3.8) is 0 Å². The molecule has 0 radical (unpaired) electrons. The maximum atomic E-state index is 12.4. The number of esters is 1. The van der Waals surface area contributed by atoms with Crippen LogP contribution in [0.2, 0.25) is 0 Å². The summed E-state index contributed by atoms with van der Waals surface area (Å²) in [6.45, 7) is 9.61. The van der Waals surface area contributed by atoms with Crippen LogP contribution < -0.4 is 0 Å². The highest BCUT2D eigenvalue weighted by Gasteiger charge is 2.58. The third-order valence-corrected chi connectivity index (χ3v) is 11.6. The predicted molar refractivity (Wildman–Crippen MR) is 148 cm³/mol. The summed E-state index contributed by atoms with van der Waals surface area (Å²) >= 11 is 6.25. The van der Waals surface area contributed by atoms with Crippen molar-refractivity contribution in [1.82, 2.24) is 0 Å². The Balaban J connectivity index is 1.36. The number of fused-ring (bicyclic) bond motifs is 5. The van der Waals surface area contributed by atoms with Gasteiger partial charge in [0, 0.05) is 6.42 Å². The number of halogens is 1. The van der Waals surface area contributed by atoms with Crippen LogP contribution in [0.4, 0.5) is 0 Å². The lowest BCUT2D eigenvalue weighted by Crippen LogP contribution is -2.50. The van der Waals surface area contributed by atoms with E-state index < -0.39 is 5.38 Å². The molecule has 8 atom stereocenters. The third-order valence-electron chi connectivity index (χ3n) is 11.2. The molecule has 200 valence electrons. The first kappa shape index (κ1) is 27.5. The van der Waals surface area contributed by atoms with Gasteiger partial charge in [-0.25, -0.2) is 0 Å². The number of alkyl halides is 1. The number of hydrogen-bond acceptors (Lipinski definition) is 2. The molecule has 35 heavy (non-hydrogen) atoms. The Bertz CT molecular complexity index is 746. The molecule has 0 aromatic carbocycles. The van der Waals surface area contributed by atoms with Gasteiger partial charge in [-0.05, 0) is 92.3 Å². The molecule has 0 aromatic rings. The average Bonchev–Trinajstić information content (AvgIpc) is 3.18. The third kappa shape index (κ3) is 5.68. The van der Waals surface area contributed by atoms with E-state index in [-0.39, 0.29) is 12.1 Å². The number of allylic oxidation sites excluding steroid dienone is 1. The molecular formula is C32H53ClO2. The van der Waals surface area contributed by atoms with Crippen molar-refractivity contribution < 1.29 is 9.53 Å². The van der Waals surface area contributed by atoms with Crippen LogP contribution in [-0.4, -0.2) is 17.5 Å². The Morgan fingerprint density at radius 1 is 1.00 bits per heavy atom. The Kier molecular flexibility index (Phi) is 9.37. The highest BCUT2D eigenvalue weighted by atomic mass is 35.5. The fourth-order valence-corrected chi connectivity index (χ4v) is 9.36. The second kappa shape index (κ2) is 11.9. The fraction of sp³-hybridized carbons (Fsp3) is 0.906. The first-order valence-corrected chi connectivity index (χ1v) is 15.8. The fourth-order valence-electron chi connectivity index (χ4n) is 9.09. The average molecular weight is 505 g/mol. The molecule has 4 rings (SSSR count). The second-order valence-corrected chi connectivity index (χ2v) is 13.7. The van der Waals surface area contributed by atoms with Gasteiger partial charge in [0.05, 0.1) is 0 Å². The number of carbonyl (C=O) groups excluding carboxylic acids is 1. The van der Waals surface area contributed by atoms with E-state index in [1.54, 1.807) is 5.57 Å². The molecular weight excluding hydrogens is 452 g/mol. The summed E-state index contributed by atoms with van der Waals surface area (Å²) in [5.41, 5.74) is 2.48. The summed E-state index contributed by atoms with van der Waals surface area (Å²) in [5, 5.41) is -0.485. The molecule has 4 aliphatic rings. The van der Waals surface area contributed by atoms with Gasteiger partial charge in [-0.1, -0.05) is 84.3 Å². The molecule has 0 spiro atoms. The minimum absolute atomic E-state index is 0.0264. The molecule has 0 aliphatic heterocycles. The van der Waals surface area contributed by atoms with Gasteiger partial charge < -0.3 is 4.74 Å². The maximum absolute atomic E-state index is 12.4. The zero-order valence-electron chi connectivity index (χ0n) is 23.3. The quantitative estimate of drug-likeness (QED) is 0.121. The lowest BCUT2D eigenvalue weighted by Gasteiger charge is -2.58. The van der Waals surface area contributed by atoms with E-state index in [1.807, 2.05) is 0 Å². The second-order valence-electron chi connectivity index (χ2n) is 13.2. The Morgan fingerprint density at radius 3 is 2.54 bits per heavy atom. The van der Waals surface area contributed by atoms with Gasteiger partial charge in [-0.15, -0.1) is 11.6 Å². The number of rotatable bonds is 11. The lowest BCUT2D eigenvalue weighted by molar-refractivity contribution is -0.151. The van der Waals surface area contributed by atoms with Crippen LogP contribution in [0.15, 0.2) is 11.6 Å². The molecule has 0 heterocycles. The number of carbonyl (C=O) groups is 1. The minimum Gasteiger partial charge on any atom is -0.461 e. The molecule has 3 saturated carbocycles. The van der Waals surface area contributed by atoms with Gasteiger partial charge in [0.2, 0.25) is 0 Å². The van der Waals surface area contributed by atoms with Crippen LogP contribution in [-0.2, 0) is 9.53 Å². The van der Waals surface area contributed by atoms with Crippen molar-refractivity contribution in [2.24, 2.45) is 34.5 Å². The normalized spacial score (nSPS) is 39.2. The van der Waals surface area contributed by atoms with Gasteiger partial charge in [0.15, 0.2) is 0 Å². The smallest absolute Gasteiger partial charge is 0.324 e. The van der Waals surface area contributed by atoms with Crippen molar-refractivity contribution in [1.29, 1.82) is 0 Å². The van der Waals surface area contributed by atoms with Crippen LogP contribution in [0.3, 0.4) is 0 Å². The Morgan fingerprint density at radius 2 is 1.77 bits per heavy atom. The van der Waals surface area contributed by atoms with Crippen LogP contribution in [0.25, 0.3) is 0 Å². The Hall–Kier alpha value is -0.500. The minimum atomic E-state index is -0.485. The SMILES string of the molecule is CCCCCCCCC1CCC2C3CC=C4CC(OC(=O)C(Cl)CCC)CCC4(C)C3CCC12C. The number of ether oxygens (including phenoxy) is 1. The topological polar surface area (TPSA) is 26.3 Å². The summed E-state index contributed by atoms with van der Waals surface area (Å²) in [4.78, 5) is 12.4. The van der Waals surface area contributed by atoms with E-state index in [2.05, 4.69) is 33.8 Å². The molecule has 3 heteroatoms. The molecule has 0 saturated heterocycles. The lowest BCUT2D eigenvalue weighted by atomic mass is 9.47. The van der Waals surface area contributed by atoms with Crippen molar-refractivity contribution in [2.45, 2.75) is 148 Å². The molecule has 3 fully saturated rings. The van der Waals surface area contributed by atoms with E-state index in [4.69, 9.17) is 16.3 Å². The molecule has 0 bridgehead atoms. The van der Waals surface area contributed by atoms with E-state index in [1.165, 1.54) is 83.5 Å².